The van der Waals surface area contributed by atoms with Crippen molar-refractivity contribution in [1.82, 2.24) is 30.2 Å². The fraction of sp³-hybridized carbons (Fsp3) is 0.500. The Morgan fingerprint density at radius 3 is 2.33 bits per heavy atom. The molecule has 8 nitrogen and oxygen atoms in total. The Bertz CT molecular complexity index is 1140. The minimum atomic E-state index is 0.123. The lowest BCUT2D eigenvalue weighted by Crippen LogP contribution is -2.44. The smallest absolute Gasteiger partial charge is 0.220 e. The summed E-state index contributed by atoms with van der Waals surface area (Å²) in [6.45, 7) is 9.16. The van der Waals surface area contributed by atoms with Crippen LogP contribution in [-0.2, 0) is 17.8 Å². The SMILES string of the molecule is Cc1nn(-c2ccc(N3CCCC3)nn2)c(C)c1CCC(=O)NC1CCN(Cc2ccccc2)CC1. The van der Waals surface area contributed by atoms with Crippen LogP contribution in [0.3, 0.4) is 0 Å². The lowest BCUT2D eigenvalue weighted by molar-refractivity contribution is -0.122. The number of hydrogen-bond acceptors (Lipinski definition) is 6. The summed E-state index contributed by atoms with van der Waals surface area (Å²) in [5.41, 5.74) is 4.44. The molecule has 3 aromatic rings. The number of benzene rings is 1. The molecule has 190 valence electrons. The Labute approximate surface area is 213 Å². The first kappa shape index (κ1) is 24.4. The van der Waals surface area contributed by atoms with Crippen molar-refractivity contribution in [2.75, 3.05) is 31.1 Å². The van der Waals surface area contributed by atoms with Gasteiger partial charge in [-0.2, -0.15) is 5.10 Å². The Morgan fingerprint density at radius 2 is 1.64 bits per heavy atom. The Kier molecular flexibility index (Phi) is 7.60. The van der Waals surface area contributed by atoms with E-state index in [2.05, 4.69) is 55.6 Å². The van der Waals surface area contributed by atoms with E-state index in [1.807, 2.05) is 30.7 Å². The van der Waals surface area contributed by atoms with E-state index in [1.165, 1.54) is 18.4 Å². The van der Waals surface area contributed by atoms with Crippen LogP contribution in [0, 0.1) is 13.8 Å². The van der Waals surface area contributed by atoms with E-state index in [0.29, 0.717) is 12.8 Å². The highest BCUT2D eigenvalue weighted by Crippen LogP contribution is 2.21. The number of nitrogens with zero attached hydrogens (tertiary/aromatic N) is 6. The van der Waals surface area contributed by atoms with Gasteiger partial charge in [0, 0.05) is 50.9 Å². The Balaban J connectivity index is 1.11. The van der Waals surface area contributed by atoms with Crippen molar-refractivity contribution >= 4 is 11.7 Å². The summed E-state index contributed by atoms with van der Waals surface area (Å²) in [7, 11) is 0. The predicted octanol–water partition coefficient (Wildman–Crippen LogP) is 3.59. The van der Waals surface area contributed by atoms with Gasteiger partial charge >= 0.3 is 0 Å². The molecule has 1 aromatic carbocycles. The van der Waals surface area contributed by atoms with Gasteiger partial charge < -0.3 is 10.2 Å². The zero-order chi connectivity index (χ0) is 24.9. The van der Waals surface area contributed by atoms with Crippen molar-refractivity contribution in [2.24, 2.45) is 0 Å². The first-order valence-corrected chi connectivity index (χ1v) is 13.3. The maximum Gasteiger partial charge on any atom is 0.220 e. The second kappa shape index (κ2) is 11.2. The van der Waals surface area contributed by atoms with Crippen LogP contribution in [0.4, 0.5) is 5.82 Å². The molecule has 2 aromatic heterocycles. The van der Waals surface area contributed by atoms with E-state index in [0.717, 1.165) is 74.2 Å². The quantitative estimate of drug-likeness (QED) is 0.523. The second-order valence-electron chi connectivity index (χ2n) is 10.1. The minimum absolute atomic E-state index is 0.123. The van der Waals surface area contributed by atoms with Gasteiger partial charge in [0.1, 0.15) is 0 Å². The molecule has 2 aliphatic heterocycles. The van der Waals surface area contributed by atoms with E-state index < -0.39 is 0 Å². The number of piperidine rings is 1. The molecule has 0 saturated carbocycles. The van der Waals surface area contributed by atoms with Crippen LogP contribution in [0.1, 0.15) is 54.6 Å². The third-order valence-corrected chi connectivity index (χ3v) is 7.53. The number of anilines is 1. The van der Waals surface area contributed by atoms with E-state index in [-0.39, 0.29) is 11.9 Å². The van der Waals surface area contributed by atoms with Crippen LogP contribution >= 0.6 is 0 Å². The van der Waals surface area contributed by atoms with Gasteiger partial charge in [-0.3, -0.25) is 9.69 Å². The number of aromatic nitrogens is 4. The molecule has 4 heterocycles. The van der Waals surface area contributed by atoms with Gasteiger partial charge in [-0.05, 0) is 69.2 Å². The number of aryl methyl sites for hydroxylation is 1. The summed E-state index contributed by atoms with van der Waals surface area (Å²) < 4.78 is 1.85. The van der Waals surface area contributed by atoms with Crippen molar-refractivity contribution in [1.29, 1.82) is 0 Å². The van der Waals surface area contributed by atoms with Gasteiger partial charge in [0.25, 0.3) is 0 Å². The van der Waals surface area contributed by atoms with Gasteiger partial charge in [-0.15, -0.1) is 10.2 Å². The molecule has 2 aliphatic rings. The number of likely N-dealkylation sites (tertiary alicyclic amines) is 1. The lowest BCUT2D eigenvalue weighted by Gasteiger charge is -2.32. The van der Waals surface area contributed by atoms with Crippen LogP contribution < -0.4 is 10.2 Å². The highest BCUT2D eigenvalue weighted by molar-refractivity contribution is 5.76. The molecule has 0 bridgehead atoms. The largest absolute Gasteiger partial charge is 0.355 e. The maximum atomic E-state index is 12.7. The van der Waals surface area contributed by atoms with E-state index >= 15 is 0 Å². The first-order chi connectivity index (χ1) is 17.6. The van der Waals surface area contributed by atoms with Crippen molar-refractivity contribution in [3.63, 3.8) is 0 Å². The molecular weight excluding hydrogens is 450 g/mol. The number of carbonyl (C=O) groups excluding carboxylic acids is 1. The number of hydrogen-bond donors (Lipinski definition) is 1. The summed E-state index contributed by atoms with van der Waals surface area (Å²) in [4.78, 5) is 17.5. The van der Waals surface area contributed by atoms with Gasteiger partial charge in [0.15, 0.2) is 11.6 Å². The number of amides is 1. The average molecular weight is 488 g/mol. The summed E-state index contributed by atoms with van der Waals surface area (Å²) in [6.07, 6.45) is 5.57. The van der Waals surface area contributed by atoms with Crippen molar-refractivity contribution in [2.45, 2.75) is 65.0 Å². The van der Waals surface area contributed by atoms with E-state index in [1.54, 1.807) is 0 Å². The summed E-state index contributed by atoms with van der Waals surface area (Å²) in [5.74, 6) is 1.77. The average Bonchev–Trinajstić information content (AvgIpc) is 3.53. The fourth-order valence-corrected chi connectivity index (χ4v) is 5.42. The predicted molar refractivity (Wildman–Crippen MR) is 141 cm³/mol. The molecule has 0 unspecified atom stereocenters. The first-order valence-electron chi connectivity index (χ1n) is 13.3. The summed E-state index contributed by atoms with van der Waals surface area (Å²) >= 11 is 0. The molecule has 2 saturated heterocycles. The van der Waals surface area contributed by atoms with Gasteiger partial charge in [-0.1, -0.05) is 30.3 Å². The molecule has 0 radical (unpaired) electrons. The Morgan fingerprint density at radius 1 is 0.944 bits per heavy atom. The molecule has 0 spiro atoms. The number of nitrogens with one attached hydrogen (secondary N) is 1. The standard InChI is InChI=1S/C28H37N7O/c1-21-25(22(2)35(32-21)27-12-11-26(30-31-27)34-16-6-7-17-34)10-13-28(36)29-24-14-18-33(19-15-24)20-23-8-4-3-5-9-23/h3-5,8-9,11-12,24H,6-7,10,13-20H2,1-2H3,(H,29,36). The van der Waals surface area contributed by atoms with E-state index in [4.69, 9.17) is 5.10 Å². The molecular formula is C28H37N7O. The molecule has 1 N–H and O–H groups in total. The van der Waals surface area contributed by atoms with Crippen molar-refractivity contribution < 1.29 is 4.79 Å². The third-order valence-electron chi connectivity index (χ3n) is 7.53. The second-order valence-corrected chi connectivity index (χ2v) is 10.1. The number of rotatable bonds is 8. The maximum absolute atomic E-state index is 12.7. The van der Waals surface area contributed by atoms with Crippen LogP contribution in [0.15, 0.2) is 42.5 Å². The summed E-state index contributed by atoms with van der Waals surface area (Å²) in [6, 6.07) is 14.9. The zero-order valence-corrected chi connectivity index (χ0v) is 21.5. The van der Waals surface area contributed by atoms with Crippen molar-refractivity contribution in [3.05, 3.63) is 65.0 Å². The van der Waals surface area contributed by atoms with Gasteiger partial charge in [0.2, 0.25) is 5.91 Å². The highest BCUT2D eigenvalue weighted by Gasteiger charge is 2.22. The van der Waals surface area contributed by atoms with Crippen molar-refractivity contribution in [3.8, 4) is 5.82 Å². The monoisotopic (exact) mass is 487 g/mol. The van der Waals surface area contributed by atoms with Gasteiger partial charge in [0.05, 0.1) is 5.69 Å². The van der Waals surface area contributed by atoms with Crippen LogP contribution in [0.2, 0.25) is 0 Å². The molecule has 36 heavy (non-hydrogen) atoms. The molecule has 5 rings (SSSR count). The topological polar surface area (TPSA) is 79.2 Å². The molecule has 2 fully saturated rings. The minimum Gasteiger partial charge on any atom is -0.355 e. The summed E-state index contributed by atoms with van der Waals surface area (Å²) in [5, 5.41) is 16.8. The lowest BCUT2D eigenvalue weighted by atomic mass is 10.0. The molecule has 0 atom stereocenters. The highest BCUT2D eigenvalue weighted by atomic mass is 16.1. The van der Waals surface area contributed by atoms with Gasteiger partial charge in [-0.25, -0.2) is 4.68 Å². The van der Waals surface area contributed by atoms with Crippen LogP contribution in [0.5, 0.6) is 0 Å². The van der Waals surface area contributed by atoms with Crippen LogP contribution in [0.25, 0.3) is 5.82 Å². The fourth-order valence-electron chi connectivity index (χ4n) is 5.42. The molecule has 8 heteroatoms. The Hall–Kier alpha value is -3.26. The third kappa shape index (κ3) is 5.75. The van der Waals surface area contributed by atoms with Crippen LogP contribution in [-0.4, -0.2) is 63.0 Å². The molecule has 0 aliphatic carbocycles. The van der Waals surface area contributed by atoms with E-state index in [9.17, 15) is 4.79 Å². The number of carbonyl (C=O) groups is 1. The normalized spacial score (nSPS) is 17.0. The zero-order valence-electron chi connectivity index (χ0n) is 21.5. The molecule has 1 amide bonds.